The molecule has 3 nitrogen and oxygen atoms in total. The Labute approximate surface area is 155 Å². The zero-order chi connectivity index (χ0) is 18.9. The number of hydrogen-bond donors (Lipinski definition) is 1. The SMILES string of the molecule is CCCCc1ccc(CN(CCC(=O)O)Cc2cc(C)ccc2F)cc1. The molecule has 0 aliphatic rings. The highest BCUT2D eigenvalue weighted by Gasteiger charge is 2.12. The van der Waals surface area contributed by atoms with Gasteiger partial charge in [0.25, 0.3) is 0 Å². The van der Waals surface area contributed by atoms with Crippen molar-refractivity contribution >= 4 is 5.97 Å². The first-order chi connectivity index (χ1) is 12.5. The van der Waals surface area contributed by atoms with Crippen molar-refractivity contribution in [3.8, 4) is 0 Å². The summed E-state index contributed by atoms with van der Waals surface area (Å²) in [6, 6.07) is 13.5. The fourth-order valence-electron chi connectivity index (χ4n) is 2.98. The lowest BCUT2D eigenvalue weighted by atomic mass is 10.1. The molecule has 4 heteroatoms. The molecule has 140 valence electrons. The van der Waals surface area contributed by atoms with E-state index in [9.17, 15) is 9.18 Å². The van der Waals surface area contributed by atoms with Crippen molar-refractivity contribution in [2.45, 2.75) is 52.6 Å². The average Bonchev–Trinajstić information content (AvgIpc) is 2.62. The number of carboxylic acids is 1. The quantitative estimate of drug-likeness (QED) is 0.654. The number of aliphatic carboxylic acids is 1. The van der Waals surface area contributed by atoms with Gasteiger partial charge in [-0.1, -0.05) is 55.3 Å². The van der Waals surface area contributed by atoms with Crippen LogP contribution in [0.4, 0.5) is 4.39 Å². The number of halogens is 1. The predicted molar refractivity (Wildman–Crippen MR) is 103 cm³/mol. The van der Waals surface area contributed by atoms with Gasteiger partial charge in [-0.15, -0.1) is 0 Å². The second-order valence-electron chi connectivity index (χ2n) is 6.87. The van der Waals surface area contributed by atoms with E-state index in [1.54, 1.807) is 6.07 Å². The Morgan fingerprint density at radius 2 is 1.77 bits per heavy atom. The Morgan fingerprint density at radius 3 is 2.42 bits per heavy atom. The molecule has 0 saturated carbocycles. The monoisotopic (exact) mass is 357 g/mol. The van der Waals surface area contributed by atoms with Gasteiger partial charge in [0.05, 0.1) is 6.42 Å². The number of hydrogen-bond acceptors (Lipinski definition) is 2. The molecule has 0 saturated heterocycles. The van der Waals surface area contributed by atoms with Crippen LogP contribution in [0.2, 0.25) is 0 Å². The Bertz CT molecular complexity index is 713. The lowest BCUT2D eigenvalue weighted by molar-refractivity contribution is -0.137. The normalized spacial score (nSPS) is 11.1. The Hall–Kier alpha value is -2.20. The summed E-state index contributed by atoms with van der Waals surface area (Å²) in [6.07, 6.45) is 3.47. The molecule has 2 rings (SSSR count). The van der Waals surface area contributed by atoms with E-state index < -0.39 is 5.97 Å². The van der Waals surface area contributed by atoms with Gasteiger partial charge in [0, 0.05) is 25.2 Å². The summed E-state index contributed by atoms with van der Waals surface area (Å²) in [5, 5.41) is 9.01. The first kappa shape index (κ1) is 20.1. The van der Waals surface area contributed by atoms with Crippen molar-refractivity contribution in [1.29, 1.82) is 0 Å². The van der Waals surface area contributed by atoms with E-state index in [1.165, 1.54) is 24.5 Å². The minimum atomic E-state index is -0.838. The third-order valence-corrected chi connectivity index (χ3v) is 4.49. The fraction of sp³-hybridized carbons (Fsp3) is 0.409. The number of carbonyl (C=O) groups is 1. The summed E-state index contributed by atoms with van der Waals surface area (Å²) in [4.78, 5) is 13.0. The molecule has 0 aliphatic heterocycles. The van der Waals surface area contributed by atoms with Crippen LogP contribution < -0.4 is 0 Å². The molecule has 26 heavy (non-hydrogen) atoms. The third-order valence-electron chi connectivity index (χ3n) is 4.49. The largest absolute Gasteiger partial charge is 0.481 e. The molecule has 0 spiro atoms. The summed E-state index contributed by atoms with van der Waals surface area (Å²) in [5.74, 6) is -1.08. The molecule has 1 N–H and O–H groups in total. The van der Waals surface area contributed by atoms with Gasteiger partial charge in [-0.05, 0) is 37.0 Å². The summed E-state index contributed by atoms with van der Waals surface area (Å²) < 4.78 is 14.1. The number of aryl methyl sites for hydroxylation is 2. The highest BCUT2D eigenvalue weighted by atomic mass is 19.1. The minimum absolute atomic E-state index is 0.0437. The molecule has 0 atom stereocenters. The number of rotatable bonds is 10. The maximum atomic E-state index is 14.1. The second-order valence-corrected chi connectivity index (χ2v) is 6.87. The van der Waals surface area contributed by atoms with Crippen LogP contribution in [-0.2, 0) is 24.3 Å². The molecule has 0 amide bonds. The molecule has 2 aromatic rings. The van der Waals surface area contributed by atoms with Crippen LogP contribution in [0.15, 0.2) is 42.5 Å². The summed E-state index contributed by atoms with van der Waals surface area (Å²) >= 11 is 0. The molecule has 0 bridgehead atoms. The number of unbranched alkanes of at least 4 members (excludes halogenated alkanes) is 1. The minimum Gasteiger partial charge on any atom is -0.481 e. The van der Waals surface area contributed by atoms with Crippen LogP contribution in [-0.4, -0.2) is 22.5 Å². The van der Waals surface area contributed by atoms with E-state index in [2.05, 4.69) is 31.2 Å². The van der Waals surface area contributed by atoms with Crippen molar-refractivity contribution in [3.63, 3.8) is 0 Å². The highest BCUT2D eigenvalue weighted by Crippen LogP contribution is 2.16. The maximum absolute atomic E-state index is 14.1. The van der Waals surface area contributed by atoms with Crippen LogP contribution in [0, 0.1) is 12.7 Å². The average molecular weight is 357 g/mol. The summed E-state index contributed by atoms with van der Waals surface area (Å²) in [6.45, 7) is 5.51. The number of carboxylic acid groups (broad SMARTS) is 1. The molecular formula is C22H28FNO2. The van der Waals surface area contributed by atoms with Gasteiger partial charge in [0.15, 0.2) is 0 Å². The van der Waals surface area contributed by atoms with Gasteiger partial charge in [-0.3, -0.25) is 9.69 Å². The molecule has 0 fully saturated rings. The van der Waals surface area contributed by atoms with E-state index in [-0.39, 0.29) is 12.2 Å². The molecular weight excluding hydrogens is 329 g/mol. The first-order valence-corrected chi connectivity index (χ1v) is 9.25. The Kier molecular flexibility index (Phi) is 7.79. The molecule has 0 radical (unpaired) electrons. The van der Waals surface area contributed by atoms with Crippen molar-refractivity contribution in [1.82, 2.24) is 4.90 Å². The molecule has 0 heterocycles. The molecule has 0 aliphatic carbocycles. The Balaban J connectivity index is 2.08. The van der Waals surface area contributed by atoms with Crippen molar-refractivity contribution in [3.05, 3.63) is 70.5 Å². The lowest BCUT2D eigenvalue weighted by Gasteiger charge is -2.22. The van der Waals surface area contributed by atoms with E-state index in [1.807, 2.05) is 17.9 Å². The highest BCUT2D eigenvalue weighted by molar-refractivity contribution is 5.66. The molecule has 2 aromatic carbocycles. The van der Waals surface area contributed by atoms with Crippen LogP contribution in [0.25, 0.3) is 0 Å². The van der Waals surface area contributed by atoms with Gasteiger partial charge in [-0.2, -0.15) is 0 Å². The van der Waals surface area contributed by atoms with E-state index in [0.29, 0.717) is 25.2 Å². The van der Waals surface area contributed by atoms with Crippen LogP contribution in [0.5, 0.6) is 0 Å². The summed E-state index contributed by atoms with van der Waals surface area (Å²) in [5.41, 5.74) is 4.04. The van der Waals surface area contributed by atoms with Gasteiger partial charge in [-0.25, -0.2) is 4.39 Å². The van der Waals surface area contributed by atoms with Crippen molar-refractivity contribution in [2.75, 3.05) is 6.54 Å². The van der Waals surface area contributed by atoms with E-state index in [4.69, 9.17) is 5.11 Å². The molecule has 0 aromatic heterocycles. The van der Waals surface area contributed by atoms with Crippen molar-refractivity contribution in [2.24, 2.45) is 0 Å². The number of nitrogens with zero attached hydrogens (tertiary/aromatic N) is 1. The van der Waals surface area contributed by atoms with Crippen molar-refractivity contribution < 1.29 is 14.3 Å². The van der Waals surface area contributed by atoms with Gasteiger partial charge < -0.3 is 5.11 Å². The summed E-state index contributed by atoms with van der Waals surface area (Å²) in [7, 11) is 0. The topological polar surface area (TPSA) is 40.5 Å². The predicted octanol–water partition coefficient (Wildman–Crippen LogP) is 4.95. The maximum Gasteiger partial charge on any atom is 0.304 e. The van der Waals surface area contributed by atoms with Crippen LogP contribution >= 0.6 is 0 Å². The number of benzene rings is 2. The van der Waals surface area contributed by atoms with Gasteiger partial charge >= 0.3 is 5.97 Å². The van der Waals surface area contributed by atoms with E-state index in [0.717, 1.165) is 17.5 Å². The zero-order valence-electron chi connectivity index (χ0n) is 15.7. The smallest absolute Gasteiger partial charge is 0.304 e. The van der Waals surface area contributed by atoms with Gasteiger partial charge in [0.1, 0.15) is 5.82 Å². The van der Waals surface area contributed by atoms with Crippen LogP contribution in [0.1, 0.15) is 48.4 Å². The molecule has 0 unspecified atom stereocenters. The zero-order valence-corrected chi connectivity index (χ0v) is 15.7. The fourth-order valence-corrected chi connectivity index (χ4v) is 2.98. The third kappa shape index (κ3) is 6.60. The van der Waals surface area contributed by atoms with Crippen LogP contribution in [0.3, 0.4) is 0 Å². The standard InChI is InChI=1S/C22H28FNO2/c1-3-4-5-18-7-9-19(10-8-18)15-24(13-12-22(25)26)16-20-14-17(2)6-11-21(20)23/h6-11,14H,3-5,12-13,15-16H2,1-2H3,(H,25,26). The Morgan fingerprint density at radius 1 is 1.08 bits per heavy atom. The second kappa shape index (κ2) is 10.1. The van der Waals surface area contributed by atoms with Gasteiger partial charge in [0.2, 0.25) is 0 Å². The first-order valence-electron chi connectivity index (χ1n) is 9.25. The van der Waals surface area contributed by atoms with E-state index >= 15 is 0 Å². The lowest BCUT2D eigenvalue weighted by Crippen LogP contribution is -2.26.